The maximum Gasteiger partial charge on any atom is 0.302 e. The van der Waals surface area contributed by atoms with Crippen molar-refractivity contribution >= 4 is 17.7 Å². The molecule has 4 heteroatoms. The van der Waals surface area contributed by atoms with Gasteiger partial charge in [0.15, 0.2) is 0 Å². The number of carbonyl (C=O) groups excluding carboxylic acids is 1. The molecule has 0 radical (unpaired) electrons. The minimum Gasteiger partial charge on any atom is -0.462 e. The van der Waals surface area contributed by atoms with Crippen molar-refractivity contribution in [2.75, 3.05) is 6.26 Å². The van der Waals surface area contributed by atoms with Crippen LogP contribution in [-0.2, 0) is 9.53 Å². The molecule has 0 saturated carbocycles. The molecule has 1 N–H and O–H groups in total. The Labute approximate surface area is 89.5 Å². The van der Waals surface area contributed by atoms with Gasteiger partial charge >= 0.3 is 5.97 Å². The zero-order valence-electron chi connectivity index (χ0n) is 8.90. The van der Waals surface area contributed by atoms with Crippen molar-refractivity contribution < 1.29 is 14.6 Å². The highest BCUT2D eigenvalue weighted by Crippen LogP contribution is 2.09. The van der Waals surface area contributed by atoms with Gasteiger partial charge in [-0.15, -0.1) is 11.8 Å². The first-order valence-corrected chi connectivity index (χ1v) is 5.93. The molecule has 0 aliphatic carbocycles. The maximum atomic E-state index is 10.7. The molecule has 0 saturated heterocycles. The fraction of sp³-hybridized carbons (Fsp3) is 0.700. The number of aliphatic hydroxyl groups is 1. The van der Waals surface area contributed by atoms with Crippen LogP contribution in [0, 0.1) is 0 Å². The van der Waals surface area contributed by atoms with Gasteiger partial charge in [0.05, 0.1) is 6.10 Å². The van der Waals surface area contributed by atoms with E-state index in [9.17, 15) is 9.90 Å². The van der Waals surface area contributed by atoms with Gasteiger partial charge in [0.1, 0.15) is 6.10 Å². The molecular weight excluding hydrogens is 200 g/mol. The van der Waals surface area contributed by atoms with Crippen LogP contribution in [0.1, 0.15) is 26.7 Å². The van der Waals surface area contributed by atoms with E-state index >= 15 is 0 Å². The Morgan fingerprint density at radius 2 is 2.29 bits per heavy atom. The third-order valence-electron chi connectivity index (χ3n) is 1.73. The van der Waals surface area contributed by atoms with E-state index in [2.05, 4.69) is 0 Å². The van der Waals surface area contributed by atoms with Crippen molar-refractivity contribution in [3.05, 3.63) is 11.5 Å². The van der Waals surface area contributed by atoms with Gasteiger partial charge in [0.2, 0.25) is 0 Å². The minimum absolute atomic E-state index is 0.186. The molecule has 0 aromatic rings. The predicted octanol–water partition coefficient (Wildman–Crippen LogP) is 1.96. The van der Waals surface area contributed by atoms with Gasteiger partial charge < -0.3 is 9.84 Å². The van der Waals surface area contributed by atoms with Crippen LogP contribution >= 0.6 is 11.8 Å². The number of esters is 1. The fourth-order valence-corrected chi connectivity index (χ4v) is 1.39. The van der Waals surface area contributed by atoms with Gasteiger partial charge in [-0.2, -0.15) is 0 Å². The van der Waals surface area contributed by atoms with E-state index in [-0.39, 0.29) is 12.1 Å². The SMILES string of the molecule is CCC(CC(O)/C=C/SC)OC(C)=O. The van der Waals surface area contributed by atoms with E-state index in [0.29, 0.717) is 6.42 Å². The van der Waals surface area contributed by atoms with Crippen LogP contribution in [-0.4, -0.2) is 29.5 Å². The number of carbonyl (C=O) groups is 1. The van der Waals surface area contributed by atoms with Crippen molar-refractivity contribution in [3.8, 4) is 0 Å². The summed E-state index contributed by atoms with van der Waals surface area (Å²) < 4.78 is 5.01. The Bertz CT molecular complexity index is 192. The summed E-state index contributed by atoms with van der Waals surface area (Å²) in [6.07, 6.45) is 4.10. The standard InChI is InChI=1S/C10H18O3S/c1-4-10(13-8(2)11)7-9(12)5-6-14-3/h5-6,9-10,12H,4,7H2,1-3H3/b6-5+. The topological polar surface area (TPSA) is 46.5 Å². The second-order valence-electron chi connectivity index (χ2n) is 3.01. The molecule has 0 aliphatic rings. The van der Waals surface area contributed by atoms with Crippen LogP contribution in [0.25, 0.3) is 0 Å². The first kappa shape index (κ1) is 13.5. The summed E-state index contributed by atoms with van der Waals surface area (Å²) in [6, 6.07) is 0. The summed E-state index contributed by atoms with van der Waals surface area (Å²) in [6.45, 7) is 3.31. The number of hydrogen-bond donors (Lipinski definition) is 1. The lowest BCUT2D eigenvalue weighted by Crippen LogP contribution is -2.21. The van der Waals surface area contributed by atoms with Gasteiger partial charge in [-0.3, -0.25) is 4.79 Å². The lowest BCUT2D eigenvalue weighted by Gasteiger charge is -2.16. The fourth-order valence-electron chi connectivity index (χ4n) is 1.05. The number of ether oxygens (including phenoxy) is 1. The molecule has 0 spiro atoms. The van der Waals surface area contributed by atoms with E-state index in [1.165, 1.54) is 18.7 Å². The number of thioether (sulfide) groups is 1. The van der Waals surface area contributed by atoms with Gasteiger partial charge in [0.25, 0.3) is 0 Å². The van der Waals surface area contributed by atoms with Crippen molar-refractivity contribution in [2.24, 2.45) is 0 Å². The quantitative estimate of drug-likeness (QED) is 0.692. The monoisotopic (exact) mass is 218 g/mol. The molecule has 0 aromatic heterocycles. The normalized spacial score (nSPS) is 15.4. The van der Waals surface area contributed by atoms with Crippen LogP contribution < -0.4 is 0 Å². The lowest BCUT2D eigenvalue weighted by atomic mass is 10.1. The molecule has 82 valence electrons. The summed E-state index contributed by atoms with van der Waals surface area (Å²) in [4.78, 5) is 10.7. The molecule has 2 unspecified atom stereocenters. The molecular formula is C10H18O3S. The predicted molar refractivity (Wildman–Crippen MR) is 59.1 cm³/mol. The first-order chi connectivity index (χ1) is 6.60. The molecule has 0 fully saturated rings. The van der Waals surface area contributed by atoms with Crippen molar-refractivity contribution in [3.63, 3.8) is 0 Å². The summed E-state index contributed by atoms with van der Waals surface area (Å²) in [5.74, 6) is -0.294. The third kappa shape index (κ3) is 6.97. The van der Waals surface area contributed by atoms with E-state index in [4.69, 9.17) is 4.74 Å². The Morgan fingerprint density at radius 3 is 2.71 bits per heavy atom. The Morgan fingerprint density at radius 1 is 1.64 bits per heavy atom. The third-order valence-corrected chi connectivity index (χ3v) is 2.16. The summed E-state index contributed by atoms with van der Waals surface area (Å²) in [7, 11) is 0. The zero-order chi connectivity index (χ0) is 11.0. The summed E-state index contributed by atoms with van der Waals surface area (Å²) in [5.41, 5.74) is 0. The maximum absolute atomic E-state index is 10.7. The zero-order valence-corrected chi connectivity index (χ0v) is 9.71. The van der Waals surface area contributed by atoms with E-state index in [1.54, 1.807) is 6.08 Å². The highest BCUT2D eigenvalue weighted by Gasteiger charge is 2.13. The van der Waals surface area contributed by atoms with Gasteiger partial charge in [-0.1, -0.05) is 6.92 Å². The van der Waals surface area contributed by atoms with Gasteiger partial charge in [0, 0.05) is 13.3 Å². The molecule has 0 aliphatic heterocycles. The highest BCUT2D eigenvalue weighted by atomic mass is 32.2. The average Bonchev–Trinajstić information content (AvgIpc) is 2.12. The van der Waals surface area contributed by atoms with E-state index in [0.717, 1.165) is 6.42 Å². The molecule has 14 heavy (non-hydrogen) atoms. The second kappa shape index (κ2) is 7.88. The van der Waals surface area contributed by atoms with Crippen LogP contribution in [0.5, 0.6) is 0 Å². The lowest BCUT2D eigenvalue weighted by molar-refractivity contribution is -0.147. The highest BCUT2D eigenvalue weighted by molar-refractivity contribution is 8.01. The largest absolute Gasteiger partial charge is 0.462 e. The van der Waals surface area contributed by atoms with Crippen molar-refractivity contribution in [1.82, 2.24) is 0 Å². The second-order valence-corrected chi connectivity index (χ2v) is 3.75. The number of hydrogen-bond acceptors (Lipinski definition) is 4. The molecule has 0 amide bonds. The van der Waals surface area contributed by atoms with Crippen molar-refractivity contribution in [1.29, 1.82) is 0 Å². The van der Waals surface area contributed by atoms with E-state index < -0.39 is 6.10 Å². The first-order valence-electron chi connectivity index (χ1n) is 4.64. The summed E-state index contributed by atoms with van der Waals surface area (Å²) >= 11 is 1.53. The Hall–Kier alpha value is -0.480. The Kier molecular flexibility index (Phi) is 7.61. The smallest absolute Gasteiger partial charge is 0.302 e. The van der Waals surface area contributed by atoms with Gasteiger partial charge in [-0.25, -0.2) is 0 Å². The molecule has 0 rings (SSSR count). The summed E-state index contributed by atoms with van der Waals surface area (Å²) in [5, 5.41) is 11.3. The molecule has 3 nitrogen and oxygen atoms in total. The van der Waals surface area contributed by atoms with Gasteiger partial charge in [-0.05, 0) is 24.2 Å². The average molecular weight is 218 g/mol. The van der Waals surface area contributed by atoms with Crippen LogP contribution in [0.15, 0.2) is 11.5 Å². The molecule has 2 atom stereocenters. The molecule has 0 aromatic carbocycles. The molecule has 0 heterocycles. The molecule has 0 bridgehead atoms. The van der Waals surface area contributed by atoms with E-state index in [1.807, 2.05) is 18.6 Å². The van der Waals surface area contributed by atoms with Crippen LogP contribution in [0.2, 0.25) is 0 Å². The number of rotatable bonds is 6. The minimum atomic E-state index is -0.535. The Balaban J connectivity index is 3.91. The van der Waals surface area contributed by atoms with Crippen LogP contribution in [0.4, 0.5) is 0 Å². The van der Waals surface area contributed by atoms with Crippen molar-refractivity contribution in [2.45, 2.75) is 38.9 Å². The van der Waals surface area contributed by atoms with Crippen LogP contribution in [0.3, 0.4) is 0 Å². The number of aliphatic hydroxyl groups excluding tert-OH is 1.